The van der Waals surface area contributed by atoms with E-state index in [1.165, 1.54) is 56.9 Å². The van der Waals surface area contributed by atoms with E-state index >= 15 is 0 Å². The molecule has 2 heteroatoms. The van der Waals surface area contributed by atoms with Crippen molar-refractivity contribution in [2.24, 2.45) is 5.41 Å². The molecule has 1 rings (SSSR count). The van der Waals surface area contributed by atoms with Gasteiger partial charge in [-0.25, -0.2) is 0 Å². The molecule has 0 aromatic heterocycles. The average Bonchev–Trinajstić information content (AvgIpc) is 2.34. The van der Waals surface area contributed by atoms with Crippen LogP contribution in [0.4, 0.5) is 0 Å². The summed E-state index contributed by atoms with van der Waals surface area (Å²) in [7, 11) is 0. The van der Waals surface area contributed by atoms with Crippen molar-refractivity contribution in [3.63, 3.8) is 0 Å². The van der Waals surface area contributed by atoms with Crippen molar-refractivity contribution in [1.82, 2.24) is 0 Å². The normalized spacial score (nSPS) is 21.8. The van der Waals surface area contributed by atoms with E-state index in [9.17, 15) is 5.11 Å². The number of hydrogen-bond acceptors (Lipinski definition) is 2. The molecule has 118 valence electrons. The van der Waals surface area contributed by atoms with Crippen LogP contribution in [0, 0.1) is 5.41 Å². The fourth-order valence-corrected chi connectivity index (χ4v) is 3.34. The zero-order valence-electron chi connectivity index (χ0n) is 13.5. The number of rotatable bonds is 10. The Labute approximate surface area is 125 Å². The molecule has 0 aliphatic heterocycles. The van der Waals surface area contributed by atoms with E-state index < -0.39 is 0 Å². The van der Waals surface area contributed by atoms with Crippen molar-refractivity contribution in [3.8, 4) is 0 Å². The van der Waals surface area contributed by atoms with Crippen molar-refractivity contribution >= 4 is 0 Å². The average molecular weight is 282 g/mol. The summed E-state index contributed by atoms with van der Waals surface area (Å²) in [6.45, 7) is 4.86. The standard InChI is InChI=1S/C18H34O2/c1-18(2)14-16(13-17(20)15-18)11-9-7-5-3-4-6-8-10-12-19/h13,17,19-20H,3-12,14-15H2,1-2H3. The number of aliphatic hydroxyl groups excluding tert-OH is 2. The van der Waals surface area contributed by atoms with Crippen LogP contribution >= 0.6 is 0 Å². The molecule has 0 bridgehead atoms. The van der Waals surface area contributed by atoms with Crippen LogP contribution in [-0.2, 0) is 0 Å². The Balaban J connectivity index is 2.01. The Hall–Kier alpha value is -0.340. The van der Waals surface area contributed by atoms with Crippen molar-refractivity contribution in [2.45, 2.75) is 90.6 Å². The molecule has 0 fully saturated rings. The molecule has 1 aliphatic rings. The van der Waals surface area contributed by atoms with Crippen LogP contribution < -0.4 is 0 Å². The summed E-state index contributed by atoms with van der Waals surface area (Å²) in [5.41, 5.74) is 1.74. The topological polar surface area (TPSA) is 40.5 Å². The predicted octanol–water partition coefficient (Wildman–Crippen LogP) is 4.60. The molecule has 0 aromatic carbocycles. The van der Waals surface area contributed by atoms with Gasteiger partial charge in [0.05, 0.1) is 6.10 Å². The fourth-order valence-electron chi connectivity index (χ4n) is 3.34. The lowest BCUT2D eigenvalue weighted by molar-refractivity contribution is 0.137. The van der Waals surface area contributed by atoms with Gasteiger partial charge >= 0.3 is 0 Å². The third-order valence-corrected chi connectivity index (χ3v) is 4.30. The highest BCUT2D eigenvalue weighted by atomic mass is 16.3. The molecule has 0 saturated heterocycles. The third-order valence-electron chi connectivity index (χ3n) is 4.30. The predicted molar refractivity (Wildman–Crippen MR) is 85.7 cm³/mol. The summed E-state index contributed by atoms with van der Waals surface area (Å²) in [4.78, 5) is 0. The molecular formula is C18H34O2. The maximum Gasteiger partial charge on any atom is 0.0728 e. The molecule has 0 heterocycles. The Morgan fingerprint density at radius 2 is 1.55 bits per heavy atom. The van der Waals surface area contributed by atoms with Crippen molar-refractivity contribution in [3.05, 3.63) is 11.6 Å². The molecule has 1 unspecified atom stereocenters. The van der Waals surface area contributed by atoms with Crippen LogP contribution in [0.1, 0.15) is 84.5 Å². The smallest absolute Gasteiger partial charge is 0.0728 e. The molecule has 0 radical (unpaired) electrons. The first-order valence-corrected chi connectivity index (χ1v) is 8.52. The molecule has 2 N–H and O–H groups in total. The Bertz CT molecular complexity index is 281. The van der Waals surface area contributed by atoms with Gasteiger partial charge in [-0.15, -0.1) is 0 Å². The Morgan fingerprint density at radius 3 is 2.10 bits per heavy atom. The fraction of sp³-hybridized carbons (Fsp3) is 0.889. The molecule has 0 spiro atoms. The summed E-state index contributed by atoms with van der Waals surface area (Å²) >= 11 is 0. The van der Waals surface area contributed by atoms with Gasteiger partial charge in [0.1, 0.15) is 0 Å². The maximum atomic E-state index is 9.86. The minimum absolute atomic E-state index is 0.222. The van der Waals surface area contributed by atoms with Crippen molar-refractivity contribution < 1.29 is 10.2 Å². The number of allylic oxidation sites excluding steroid dienone is 1. The summed E-state index contributed by atoms with van der Waals surface area (Å²) in [5.74, 6) is 0. The number of unbranched alkanes of at least 4 members (excludes halogenated alkanes) is 7. The highest BCUT2D eigenvalue weighted by Gasteiger charge is 2.26. The monoisotopic (exact) mass is 282 g/mol. The largest absolute Gasteiger partial charge is 0.396 e. The van der Waals surface area contributed by atoms with Crippen LogP contribution in [0.25, 0.3) is 0 Å². The maximum absolute atomic E-state index is 9.86. The van der Waals surface area contributed by atoms with Gasteiger partial charge in [-0.3, -0.25) is 0 Å². The van der Waals surface area contributed by atoms with Gasteiger partial charge in [0.15, 0.2) is 0 Å². The lowest BCUT2D eigenvalue weighted by Crippen LogP contribution is -2.24. The first-order valence-electron chi connectivity index (χ1n) is 8.52. The highest BCUT2D eigenvalue weighted by Crippen LogP contribution is 2.37. The second-order valence-corrected chi connectivity index (χ2v) is 7.24. The van der Waals surface area contributed by atoms with Crippen LogP contribution in [0.5, 0.6) is 0 Å². The minimum atomic E-state index is -0.222. The lowest BCUT2D eigenvalue weighted by Gasteiger charge is -2.32. The van der Waals surface area contributed by atoms with Gasteiger partial charge in [-0.2, -0.15) is 0 Å². The van der Waals surface area contributed by atoms with E-state index in [1.54, 1.807) is 0 Å². The van der Waals surface area contributed by atoms with Crippen molar-refractivity contribution in [2.75, 3.05) is 6.61 Å². The molecule has 0 aromatic rings. The van der Waals surface area contributed by atoms with Crippen LogP contribution in [0.3, 0.4) is 0 Å². The molecule has 2 nitrogen and oxygen atoms in total. The summed E-state index contributed by atoms with van der Waals surface area (Å²) in [6, 6.07) is 0. The first-order chi connectivity index (χ1) is 9.53. The van der Waals surface area contributed by atoms with E-state index in [0.29, 0.717) is 6.61 Å². The number of hydrogen-bond donors (Lipinski definition) is 2. The molecule has 1 aliphatic carbocycles. The van der Waals surface area contributed by atoms with Gasteiger partial charge in [0.2, 0.25) is 0 Å². The number of aliphatic hydroxyl groups is 2. The van der Waals surface area contributed by atoms with E-state index in [4.69, 9.17) is 5.11 Å². The van der Waals surface area contributed by atoms with Gasteiger partial charge in [0, 0.05) is 6.61 Å². The highest BCUT2D eigenvalue weighted by molar-refractivity contribution is 5.12. The van der Waals surface area contributed by atoms with E-state index in [2.05, 4.69) is 19.9 Å². The zero-order chi connectivity index (χ0) is 14.8. The zero-order valence-corrected chi connectivity index (χ0v) is 13.5. The molecule has 20 heavy (non-hydrogen) atoms. The molecule has 0 saturated carbocycles. The summed E-state index contributed by atoms with van der Waals surface area (Å²) < 4.78 is 0. The first kappa shape index (κ1) is 17.7. The van der Waals surface area contributed by atoms with Crippen LogP contribution in [0.15, 0.2) is 11.6 Å². The van der Waals surface area contributed by atoms with Gasteiger partial charge in [0.25, 0.3) is 0 Å². The third kappa shape index (κ3) is 8.06. The second kappa shape index (κ2) is 9.57. The van der Waals surface area contributed by atoms with Gasteiger partial charge in [-0.1, -0.05) is 64.0 Å². The Morgan fingerprint density at radius 1 is 1.00 bits per heavy atom. The minimum Gasteiger partial charge on any atom is -0.396 e. The Kier molecular flexibility index (Phi) is 8.47. The summed E-state index contributed by atoms with van der Waals surface area (Å²) in [6.07, 6.45) is 15.1. The van der Waals surface area contributed by atoms with Gasteiger partial charge < -0.3 is 10.2 Å². The van der Waals surface area contributed by atoms with E-state index in [0.717, 1.165) is 19.3 Å². The van der Waals surface area contributed by atoms with Crippen LogP contribution in [-0.4, -0.2) is 22.9 Å². The van der Waals surface area contributed by atoms with E-state index in [1.807, 2.05) is 0 Å². The van der Waals surface area contributed by atoms with Crippen molar-refractivity contribution in [1.29, 1.82) is 0 Å². The van der Waals surface area contributed by atoms with E-state index in [-0.39, 0.29) is 11.5 Å². The molecule has 1 atom stereocenters. The SMILES string of the molecule is CC1(C)CC(CCCCCCCCCCO)=CC(O)C1. The summed E-state index contributed by atoms with van der Waals surface area (Å²) in [5, 5.41) is 18.6. The quantitative estimate of drug-likeness (QED) is 0.454. The van der Waals surface area contributed by atoms with Crippen LogP contribution in [0.2, 0.25) is 0 Å². The lowest BCUT2D eigenvalue weighted by atomic mass is 9.75. The molecule has 0 amide bonds. The second-order valence-electron chi connectivity index (χ2n) is 7.24. The van der Waals surface area contributed by atoms with Gasteiger partial charge in [-0.05, 0) is 37.5 Å². The molecular weight excluding hydrogens is 248 g/mol.